The zero-order chi connectivity index (χ0) is 14.3. The Labute approximate surface area is 117 Å². The third kappa shape index (κ3) is 4.51. The van der Waals surface area contributed by atoms with Crippen molar-refractivity contribution < 1.29 is 4.74 Å². The molecule has 0 bridgehead atoms. The van der Waals surface area contributed by atoms with E-state index in [1.165, 1.54) is 11.1 Å². The molecule has 0 fully saturated rings. The monoisotopic (exact) mass is 264 g/mol. The normalized spacial score (nSPS) is 11.6. The van der Waals surface area contributed by atoms with Crippen LogP contribution in [-0.2, 0) is 11.8 Å². The van der Waals surface area contributed by atoms with Gasteiger partial charge in [0.2, 0.25) is 0 Å². The van der Waals surface area contributed by atoms with Crippen LogP contribution in [0.2, 0.25) is 0 Å². The molecule has 0 aliphatic carbocycles. The molecule has 0 saturated heterocycles. The molecule has 3 heteroatoms. The summed E-state index contributed by atoms with van der Waals surface area (Å²) in [6.07, 6.45) is 2.02. The van der Waals surface area contributed by atoms with E-state index < -0.39 is 0 Å². The lowest BCUT2D eigenvalue weighted by Crippen LogP contribution is -2.34. The van der Waals surface area contributed by atoms with Crippen molar-refractivity contribution >= 4 is 0 Å². The lowest BCUT2D eigenvalue weighted by molar-refractivity contribution is 0.408. The maximum atomic E-state index is 5.51. The highest BCUT2D eigenvalue weighted by atomic mass is 16.5. The fourth-order valence-electron chi connectivity index (χ4n) is 2.21. The Morgan fingerprint density at radius 2 is 2.05 bits per heavy atom. The molecule has 0 atom stereocenters. The summed E-state index contributed by atoms with van der Waals surface area (Å²) in [6, 6.07) is 6.52. The van der Waals surface area contributed by atoms with Crippen molar-refractivity contribution in [3.8, 4) is 5.75 Å². The maximum absolute atomic E-state index is 5.51. The summed E-state index contributed by atoms with van der Waals surface area (Å²) >= 11 is 0. The number of hydrogen-bond donors (Lipinski definition) is 2. The number of nitrogens with two attached hydrogens (primary N) is 1. The van der Waals surface area contributed by atoms with Gasteiger partial charge in [-0.1, -0.05) is 32.9 Å². The van der Waals surface area contributed by atoms with E-state index in [9.17, 15) is 0 Å². The van der Waals surface area contributed by atoms with Crippen molar-refractivity contribution in [3.63, 3.8) is 0 Å². The van der Waals surface area contributed by atoms with Gasteiger partial charge in [0.15, 0.2) is 0 Å². The third-order valence-electron chi connectivity index (χ3n) is 3.57. The predicted molar refractivity (Wildman–Crippen MR) is 81.9 cm³/mol. The molecule has 0 aliphatic rings. The minimum Gasteiger partial charge on any atom is -0.496 e. The first-order chi connectivity index (χ1) is 9.05. The van der Waals surface area contributed by atoms with Crippen molar-refractivity contribution in [2.24, 2.45) is 5.73 Å². The van der Waals surface area contributed by atoms with E-state index in [0.717, 1.165) is 38.2 Å². The van der Waals surface area contributed by atoms with E-state index in [1.807, 2.05) is 0 Å². The van der Waals surface area contributed by atoms with E-state index in [0.29, 0.717) is 0 Å². The number of aryl methyl sites for hydroxylation is 1. The van der Waals surface area contributed by atoms with E-state index in [4.69, 9.17) is 10.5 Å². The van der Waals surface area contributed by atoms with Crippen molar-refractivity contribution in [3.05, 3.63) is 29.3 Å². The maximum Gasteiger partial charge on any atom is 0.122 e. The molecule has 1 aromatic carbocycles. The van der Waals surface area contributed by atoms with E-state index in [2.05, 4.69) is 44.3 Å². The van der Waals surface area contributed by atoms with Gasteiger partial charge in [-0.05, 0) is 43.1 Å². The Bertz CT molecular complexity index is 388. The molecular formula is C16H28N2O. The second kappa shape index (κ2) is 7.51. The topological polar surface area (TPSA) is 47.3 Å². The molecule has 1 rings (SSSR count). The first-order valence-electron chi connectivity index (χ1n) is 7.13. The van der Waals surface area contributed by atoms with Crippen LogP contribution in [0.5, 0.6) is 5.75 Å². The van der Waals surface area contributed by atoms with Crippen LogP contribution in [0.15, 0.2) is 18.2 Å². The summed E-state index contributed by atoms with van der Waals surface area (Å²) in [7, 11) is 1.73. The molecule has 0 spiro atoms. The van der Waals surface area contributed by atoms with Crippen LogP contribution in [0.1, 0.15) is 38.3 Å². The minimum atomic E-state index is 0.116. The molecule has 108 valence electrons. The standard InChI is InChI=1S/C16H28N2O/c1-5-13-11-14(7-8-15(13)19-4)16(2,3)12-18-10-6-9-17/h7-8,11,18H,5-6,9-10,12,17H2,1-4H3. The number of hydrogen-bond acceptors (Lipinski definition) is 3. The number of benzene rings is 1. The molecule has 0 heterocycles. The molecule has 1 aromatic rings. The quantitative estimate of drug-likeness (QED) is 0.709. The zero-order valence-corrected chi connectivity index (χ0v) is 12.8. The summed E-state index contributed by atoms with van der Waals surface area (Å²) in [5.41, 5.74) is 8.25. The average Bonchev–Trinajstić information content (AvgIpc) is 2.42. The number of ether oxygens (including phenoxy) is 1. The molecule has 19 heavy (non-hydrogen) atoms. The number of rotatable bonds is 8. The first kappa shape index (κ1) is 16.0. The number of nitrogens with one attached hydrogen (secondary N) is 1. The summed E-state index contributed by atoms with van der Waals surface area (Å²) in [4.78, 5) is 0. The van der Waals surface area contributed by atoms with Crippen LogP contribution in [-0.4, -0.2) is 26.7 Å². The molecule has 0 radical (unpaired) electrons. The van der Waals surface area contributed by atoms with Gasteiger partial charge in [0.25, 0.3) is 0 Å². The molecule has 3 N–H and O–H groups in total. The molecule has 0 saturated carbocycles. The van der Waals surface area contributed by atoms with Gasteiger partial charge in [-0.25, -0.2) is 0 Å². The fraction of sp³-hybridized carbons (Fsp3) is 0.625. The fourth-order valence-corrected chi connectivity index (χ4v) is 2.21. The summed E-state index contributed by atoms with van der Waals surface area (Å²) in [5, 5.41) is 3.48. The summed E-state index contributed by atoms with van der Waals surface area (Å²) in [6.45, 7) is 9.39. The van der Waals surface area contributed by atoms with Gasteiger partial charge in [-0.15, -0.1) is 0 Å². The van der Waals surface area contributed by atoms with Gasteiger partial charge < -0.3 is 15.8 Å². The van der Waals surface area contributed by atoms with E-state index in [1.54, 1.807) is 7.11 Å². The van der Waals surface area contributed by atoms with Crippen molar-refractivity contribution in [1.82, 2.24) is 5.32 Å². The first-order valence-corrected chi connectivity index (χ1v) is 7.13. The third-order valence-corrected chi connectivity index (χ3v) is 3.57. The predicted octanol–water partition coefficient (Wildman–Crippen LogP) is 2.47. The Morgan fingerprint density at radius 3 is 2.63 bits per heavy atom. The Kier molecular flexibility index (Phi) is 6.32. The molecule has 0 aromatic heterocycles. The van der Waals surface area contributed by atoms with Gasteiger partial charge in [0, 0.05) is 12.0 Å². The molecule has 0 aliphatic heterocycles. The highest BCUT2D eigenvalue weighted by Gasteiger charge is 2.21. The van der Waals surface area contributed by atoms with Crippen LogP contribution in [0.4, 0.5) is 0 Å². The van der Waals surface area contributed by atoms with Gasteiger partial charge >= 0.3 is 0 Å². The van der Waals surface area contributed by atoms with Crippen molar-refractivity contribution in [2.75, 3.05) is 26.7 Å². The average molecular weight is 264 g/mol. The van der Waals surface area contributed by atoms with Crippen LogP contribution in [0, 0.1) is 0 Å². The van der Waals surface area contributed by atoms with Gasteiger partial charge in [-0.2, -0.15) is 0 Å². The lowest BCUT2D eigenvalue weighted by atomic mass is 9.83. The molecule has 0 unspecified atom stereocenters. The van der Waals surface area contributed by atoms with Gasteiger partial charge in [-0.3, -0.25) is 0 Å². The minimum absolute atomic E-state index is 0.116. The highest BCUT2D eigenvalue weighted by molar-refractivity contribution is 5.40. The number of methoxy groups -OCH3 is 1. The Hall–Kier alpha value is -1.06. The van der Waals surface area contributed by atoms with Crippen LogP contribution >= 0.6 is 0 Å². The van der Waals surface area contributed by atoms with Crippen LogP contribution in [0.3, 0.4) is 0 Å². The molecule has 3 nitrogen and oxygen atoms in total. The van der Waals surface area contributed by atoms with Crippen LogP contribution < -0.4 is 15.8 Å². The molecule has 0 amide bonds. The summed E-state index contributed by atoms with van der Waals surface area (Å²) < 4.78 is 5.39. The van der Waals surface area contributed by atoms with Gasteiger partial charge in [0.1, 0.15) is 5.75 Å². The van der Waals surface area contributed by atoms with E-state index in [-0.39, 0.29) is 5.41 Å². The summed E-state index contributed by atoms with van der Waals surface area (Å²) in [5.74, 6) is 0.984. The van der Waals surface area contributed by atoms with Gasteiger partial charge in [0.05, 0.1) is 7.11 Å². The van der Waals surface area contributed by atoms with Crippen molar-refractivity contribution in [2.45, 2.75) is 39.0 Å². The van der Waals surface area contributed by atoms with E-state index >= 15 is 0 Å². The second-order valence-corrected chi connectivity index (χ2v) is 5.58. The van der Waals surface area contributed by atoms with Crippen molar-refractivity contribution in [1.29, 1.82) is 0 Å². The van der Waals surface area contributed by atoms with Crippen LogP contribution in [0.25, 0.3) is 0 Å². The zero-order valence-electron chi connectivity index (χ0n) is 12.8. The largest absolute Gasteiger partial charge is 0.496 e. The highest BCUT2D eigenvalue weighted by Crippen LogP contribution is 2.28. The smallest absolute Gasteiger partial charge is 0.122 e. The molecular weight excluding hydrogens is 236 g/mol. The SMILES string of the molecule is CCc1cc(C(C)(C)CNCCCN)ccc1OC. The second-order valence-electron chi connectivity index (χ2n) is 5.58. The lowest BCUT2D eigenvalue weighted by Gasteiger charge is -2.27. The Balaban J connectivity index is 2.76. The Morgan fingerprint density at radius 1 is 1.32 bits per heavy atom.